The summed E-state index contributed by atoms with van der Waals surface area (Å²) in [5.74, 6) is 0.317. The van der Waals surface area contributed by atoms with Gasteiger partial charge in [-0.3, -0.25) is 4.79 Å². The summed E-state index contributed by atoms with van der Waals surface area (Å²) in [7, 11) is 0. The number of carbonyl (C=O) groups is 1. The van der Waals surface area contributed by atoms with E-state index in [4.69, 9.17) is 11.3 Å². The van der Waals surface area contributed by atoms with Crippen molar-refractivity contribution in [1.82, 2.24) is 9.78 Å². The number of nitrogens with one attached hydrogen (secondary N) is 1. The van der Waals surface area contributed by atoms with Gasteiger partial charge in [-0.1, -0.05) is 60.7 Å². The Balaban J connectivity index is 1.31. The lowest BCUT2D eigenvalue weighted by Crippen LogP contribution is -2.17. The van der Waals surface area contributed by atoms with Gasteiger partial charge >= 0.3 is 0 Å². The lowest BCUT2D eigenvalue weighted by molar-refractivity contribution is 0.101. The third kappa shape index (κ3) is 6.12. The molecule has 1 atom stereocenters. The van der Waals surface area contributed by atoms with Crippen molar-refractivity contribution in [3.63, 3.8) is 0 Å². The van der Waals surface area contributed by atoms with E-state index in [-0.39, 0.29) is 5.91 Å². The predicted molar refractivity (Wildman–Crippen MR) is 158 cm³/mol. The van der Waals surface area contributed by atoms with Crippen LogP contribution in [0.4, 0.5) is 11.4 Å². The average Bonchev–Trinajstić information content (AvgIpc) is 3.38. The van der Waals surface area contributed by atoms with Crippen LogP contribution in [0.15, 0.2) is 108 Å². The largest absolute Gasteiger partial charge is 0.488 e. The van der Waals surface area contributed by atoms with Gasteiger partial charge in [0, 0.05) is 5.69 Å². The van der Waals surface area contributed by atoms with Crippen LogP contribution >= 0.6 is 15.9 Å². The predicted octanol–water partition coefficient (Wildman–Crippen LogP) is 7.41. The number of aliphatic hydroxyl groups excluding tert-OH is 1. The zero-order chi connectivity index (χ0) is 28.1. The van der Waals surface area contributed by atoms with E-state index < -0.39 is 6.10 Å². The minimum atomic E-state index is -0.916. The molecule has 1 heterocycles. The van der Waals surface area contributed by atoms with Crippen molar-refractivity contribution in [2.75, 3.05) is 5.32 Å². The number of hydrogen-bond acceptors (Lipinski definition) is 4. The number of aryl methyl sites for hydroxylation is 1. The van der Waals surface area contributed by atoms with E-state index >= 15 is 0 Å². The van der Waals surface area contributed by atoms with Gasteiger partial charge in [0.25, 0.3) is 5.91 Å². The fourth-order valence-electron chi connectivity index (χ4n) is 4.27. The maximum atomic E-state index is 13.3. The van der Waals surface area contributed by atoms with Crippen molar-refractivity contribution < 1.29 is 14.6 Å². The van der Waals surface area contributed by atoms with Crippen molar-refractivity contribution >= 4 is 33.2 Å². The quantitative estimate of drug-likeness (QED) is 0.184. The second kappa shape index (κ2) is 12.0. The van der Waals surface area contributed by atoms with Crippen molar-refractivity contribution in [1.29, 1.82) is 0 Å². The van der Waals surface area contributed by atoms with Gasteiger partial charge in [-0.05, 0) is 82.0 Å². The van der Waals surface area contributed by atoms with Crippen LogP contribution in [0.3, 0.4) is 0 Å². The first-order valence-corrected chi connectivity index (χ1v) is 13.3. The van der Waals surface area contributed by atoms with Crippen LogP contribution in [0, 0.1) is 13.5 Å². The molecule has 0 fully saturated rings. The molecule has 0 radical (unpaired) electrons. The molecular formula is C32H25BrN4O3. The summed E-state index contributed by atoms with van der Waals surface area (Å²) in [4.78, 5) is 16.7. The highest BCUT2D eigenvalue weighted by atomic mass is 79.9. The summed E-state index contributed by atoms with van der Waals surface area (Å²) in [5.41, 5.74) is 4.98. The highest BCUT2D eigenvalue weighted by Gasteiger charge is 2.18. The summed E-state index contributed by atoms with van der Waals surface area (Å²) in [6.07, 6.45) is -0.916. The number of hydrogen-bond donors (Lipinski definition) is 2. The minimum absolute atomic E-state index is 0.334. The lowest BCUT2D eigenvalue weighted by Gasteiger charge is -2.16. The van der Waals surface area contributed by atoms with Crippen LogP contribution in [-0.2, 0) is 6.61 Å². The van der Waals surface area contributed by atoms with E-state index in [1.165, 1.54) is 4.68 Å². The third-order valence-electron chi connectivity index (χ3n) is 6.24. The number of aliphatic hydroxyl groups is 1. The number of carbonyl (C=O) groups excluding carboxylic acids is 1. The van der Waals surface area contributed by atoms with Gasteiger partial charge in [0.1, 0.15) is 24.2 Å². The van der Waals surface area contributed by atoms with Crippen LogP contribution in [0.25, 0.3) is 10.5 Å². The monoisotopic (exact) mass is 592 g/mol. The number of aromatic nitrogens is 2. The Labute approximate surface area is 240 Å². The molecule has 0 saturated heterocycles. The molecule has 0 saturated carbocycles. The summed E-state index contributed by atoms with van der Waals surface area (Å²) < 4.78 is 8.18. The smallest absolute Gasteiger partial charge is 0.274 e. The van der Waals surface area contributed by atoms with Gasteiger partial charge in [0.05, 0.1) is 22.4 Å². The number of halogens is 1. The van der Waals surface area contributed by atoms with Crippen molar-refractivity contribution in [3.8, 4) is 11.4 Å². The molecule has 5 rings (SSSR count). The first-order chi connectivity index (χ1) is 19.4. The highest BCUT2D eigenvalue weighted by molar-refractivity contribution is 9.10. The number of amides is 1. The van der Waals surface area contributed by atoms with E-state index in [1.807, 2.05) is 48.5 Å². The average molecular weight is 593 g/mol. The Morgan fingerprint density at radius 3 is 2.55 bits per heavy atom. The molecule has 198 valence electrons. The van der Waals surface area contributed by atoms with E-state index in [0.29, 0.717) is 51.9 Å². The molecular weight excluding hydrogens is 568 g/mol. The minimum Gasteiger partial charge on any atom is -0.488 e. The zero-order valence-corrected chi connectivity index (χ0v) is 23.2. The Kier molecular flexibility index (Phi) is 8.06. The summed E-state index contributed by atoms with van der Waals surface area (Å²) in [6.45, 7) is 9.51. The Bertz CT molecular complexity index is 1710. The molecule has 5 aromatic rings. The third-order valence-corrected chi connectivity index (χ3v) is 6.86. The maximum Gasteiger partial charge on any atom is 0.274 e. The molecule has 0 aliphatic carbocycles. The second-order valence-electron chi connectivity index (χ2n) is 9.16. The van der Waals surface area contributed by atoms with Gasteiger partial charge in [0.15, 0.2) is 5.69 Å². The van der Waals surface area contributed by atoms with Gasteiger partial charge < -0.3 is 15.2 Å². The van der Waals surface area contributed by atoms with E-state index in [2.05, 4.69) is 31.2 Å². The molecule has 4 aromatic carbocycles. The fraction of sp³-hybridized carbons (Fsp3) is 0.0938. The Morgan fingerprint density at radius 2 is 1.77 bits per heavy atom. The van der Waals surface area contributed by atoms with E-state index in [9.17, 15) is 9.90 Å². The van der Waals surface area contributed by atoms with Crippen molar-refractivity contribution in [2.24, 2.45) is 0 Å². The van der Waals surface area contributed by atoms with E-state index in [0.717, 1.165) is 10.0 Å². The van der Waals surface area contributed by atoms with Gasteiger partial charge in [0.2, 0.25) is 0 Å². The Hall–Kier alpha value is -4.71. The highest BCUT2D eigenvalue weighted by Crippen LogP contribution is 2.32. The van der Waals surface area contributed by atoms with Crippen LogP contribution in [0.1, 0.15) is 39.0 Å². The molecule has 1 amide bonds. The summed E-state index contributed by atoms with van der Waals surface area (Å²) >= 11 is 3.55. The zero-order valence-electron chi connectivity index (χ0n) is 21.6. The SMILES string of the molecule is [C-]#[N+]c1cccc(-n2nc(C)cc2C(=O)Nc2cccc(C(O)c3ccc(OCc4ccccc4)c(Br)c3)c2)c1. The topological polar surface area (TPSA) is 80.7 Å². The number of anilines is 1. The summed E-state index contributed by atoms with van der Waals surface area (Å²) in [5, 5.41) is 18.5. The van der Waals surface area contributed by atoms with Crippen molar-refractivity contribution in [2.45, 2.75) is 19.6 Å². The summed E-state index contributed by atoms with van der Waals surface area (Å²) in [6, 6.07) is 31.1. The van der Waals surface area contributed by atoms with Gasteiger partial charge in [-0.2, -0.15) is 5.10 Å². The molecule has 0 aliphatic rings. The first-order valence-electron chi connectivity index (χ1n) is 12.5. The molecule has 8 heteroatoms. The number of ether oxygens (including phenoxy) is 1. The normalized spacial score (nSPS) is 11.4. The van der Waals surface area contributed by atoms with Crippen LogP contribution in [0.2, 0.25) is 0 Å². The van der Waals surface area contributed by atoms with Gasteiger partial charge in [-0.25, -0.2) is 9.53 Å². The van der Waals surface area contributed by atoms with Crippen LogP contribution in [0.5, 0.6) is 5.75 Å². The number of nitrogens with zero attached hydrogens (tertiary/aromatic N) is 3. The number of benzene rings is 4. The van der Waals surface area contributed by atoms with E-state index in [1.54, 1.807) is 61.5 Å². The second-order valence-corrected chi connectivity index (χ2v) is 10.0. The molecule has 0 spiro atoms. The first kappa shape index (κ1) is 26.9. The molecule has 0 bridgehead atoms. The van der Waals surface area contributed by atoms with Crippen LogP contribution < -0.4 is 10.1 Å². The maximum absolute atomic E-state index is 13.3. The molecule has 40 heavy (non-hydrogen) atoms. The van der Waals surface area contributed by atoms with Crippen LogP contribution in [-0.4, -0.2) is 20.8 Å². The Morgan fingerprint density at radius 1 is 1.00 bits per heavy atom. The molecule has 0 aliphatic heterocycles. The molecule has 2 N–H and O–H groups in total. The number of rotatable bonds is 8. The molecule has 7 nitrogen and oxygen atoms in total. The lowest BCUT2D eigenvalue weighted by atomic mass is 10.0. The standard InChI is InChI=1S/C32H25BrN4O3/c1-21-16-29(37(36-21)27-13-7-11-25(19-27)34-2)32(39)35-26-12-6-10-23(17-26)31(38)24-14-15-30(28(33)18-24)40-20-22-8-4-3-5-9-22/h3-19,31,38H,20H2,1H3,(H,35,39). The van der Waals surface area contributed by atoms with Crippen molar-refractivity contribution in [3.05, 3.63) is 147 Å². The van der Waals surface area contributed by atoms with Gasteiger partial charge in [-0.15, -0.1) is 0 Å². The molecule has 1 unspecified atom stereocenters. The molecule has 1 aromatic heterocycles. The fourth-order valence-corrected chi connectivity index (χ4v) is 4.78.